The van der Waals surface area contributed by atoms with Crippen molar-refractivity contribution in [3.05, 3.63) is 69.7 Å². The molecule has 0 aliphatic rings. The molecular weight excluding hydrogens is 281 g/mol. The summed E-state index contributed by atoms with van der Waals surface area (Å²) in [7, 11) is 0. The van der Waals surface area contributed by atoms with E-state index < -0.39 is 0 Å². The molecule has 0 aliphatic carbocycles. The minimum atomic E-state index is -0.250. The van der Waals surface area contributed by atoms with Gasteiger partial charge in [-0.1, -0.05) is 47.5 Å². The Morgan fingerprint density at radius 1 is 0.842 bits per heavy atom. The fraction of sp³-hybridized carbons (Fsp3) is 0. The fourth-order valence-corrected chi connectivity index (χ4v) is 1.88. The Hall–Kier alpha value is -1.84. The second kappa shape index (κ2) is 5.87. The first-order valence-corrected chi connectivity index (χ1v) is 6.26. The van der Waals surface area contributed by atoms with Crippen LogP contribution >= 0.6 is 23.2 Å². The minimum Gasteiger partial charge on any atom is -0.368 e. The standard InChI is InChI=1S/C14H11Cl2N3/c15-11-5-1-9(2-6-11)13(19-14(17)18)10-3-7-12(16)8-4-10/h1-8H,(H3,17,18). The highest BCUT2D eigenvalue weighted by Gasteiger charge is 2.07. The molecule has 0 saturated carbocycles. The summed E-state index contributed by atoms with van der Waals surface area (Å²) in [5.41, 5.74) is 7.65. The van der Waals surface area contributed by atoms with Gasteiger partial charge < -0.3 is 5.73 Å². The lowest BCUT2D eigenvalue weighted by atomic mass is 10.0. The Kier molecular flexibility index (Phi) is 4.20. The van der Waals surface area contributed by atoms with Crippen LogP contribution in [0.5, 0.6) is 0 Å². The Bertz CT molecular complexity index is 569. The molecular formula is C14H11Cl2N3. The Balaban J connectivity index is 2.50. The Morgan fingerprint density at radius 2 is 1.21 bits per heavy atom. The molecule has 2 rings (SSSR count). The Labute approximate surface area is 121 Å². The highest BCUT2D eigenvalue weighted by molar-refractivity contribution is 6.31. The van der Waals surface area contributed by atoms with Crippen molar-refractivity contribution in [2.45, 2.75) is 0 Å². The van der Waals surface area contributed by atoms with Crippen molar-refractivity contribution in [2.75, 3.05) is 0 Å². The van der Waals surface area contributed by atoms with Crippen LogP contribution < -0.4 is 5.73 Å². The molecule has 0 radical (unpaired) electrons. The lowest BCUT2D eigenvalue weighted by Gasteiger charge is -2.07. The van der Waals surface area contributed by atoms with E-state index in [2.05, 4.69) is 4.99 Å². The summed E-state index contributed by atoms with van der Waals surface area (Å²) in [6.07, 6.45) is 0. The van der Waals surface area contributed by atoms with Crippen LogP contribution in [0.3, 0.4) is 0 Å². The molecule has 0 saturated heterocycles. The van der Waals surface area contributed by atoms with Crippen LogP contribution in [-0.2, 0) is 0 Å². The first-order valence-electron chi connectivity index (χ1n) is 5.51. The van der Waals surface area contributed by atoms with Crippen molar-refractivity contribution in [1.29, 1.82) is 5.41 Å². The molecule has 2 aromatic carbocycles. The lowest BCUT2D eigenvalue weighted by molar-refractivity contribution is 1.37. The largest absolute Gasteiger partial charge is 0.368 e. The molecule has 0 fully saturated rings. The molecule has 0 unspecified atom stereocenters. The van der Waals surface area contributed by atoms with E-state index in [-0.39, 0.29) is 5.96 Å². The maximum Gasteiger partial charge on any atom is 0.213 e. The molecule has 0 heterocycles. The zero-order valence-electron chi connectivity index (χ0n) is 9.90. The van der Waals surface area contributed by atoms with Gasteiger partial charge in [-0.15, -0.1) is 0 Å². The van der Waals surface area contributed by atoms with E-state index in [1.165, 1.54) is 0 Å². The second-order valence-electron chi connectivity index (χ2n) is 3.86. The van der Waals surface area contributed by atoms with Gasteiger partial charge >= 0.3 is 0 Å². The summed E-state index contributed by atoms with van der Waals surface area (Å²) in [5, 5.41) is 8.63. The number of nitrogens with zero attached hydrogens (tertiary/aromatic N) is 1. The van der Waals surface area contributed by atoms with E-state index in [9.17, 15) is 0 Å². The highest BCUT2D eigenvalue weighted by Crippen LogP contribution is 2.17. The van der Waals surface area contributed by atoms with Crippen LogP contribution in [0, 0.1) is 5.41 Å². The number of hydrogen-bond acceptors (Lipinski definition) is 1. The third-order valence-electron chi connectivity index (χ3n) is 2.47. The summed E-state index contributed by atoms with van der Waals surface area (Å²) in [6.45, 7) is 0. The average molecular weight is 292 g/mol. The smallest absolute Gasteiger partial charge is 0.213 e. The van der Waals surface area contributed by atoms with Gasteiger partial charge in [0.1, 0.15) is 0 Å². The number of aliphatic imine (C=N–C) groups is 1. The number of hydrogen-bond donors (Lipinski definition) is 2. The van der Waals surface area contributed by atoms with Crippen LogP contribution in [0.4, 0.5) is 0 Å². The summed E-state index contributed by atoms with van der Waals surface area (Å²) in [5.74, 6) is -0.250. The topological polar surface area (TPSA) is 62.2 Å². The van der Waals surface area contributed by atoms with E-state index in [1.54, 1.807) is 24.3 Å². The van der Waals surface area contributed by atoms with Crippen LogP contribution in [-0.4, -0.2) is 11.7 Å². The molecule has 0 spiro atoms. The van der Waals surface area contributed by atoms with E-state index in [1.807, 2.05) is 24.3 Å². The maximum absolute atomic E-state index is 7.35. The zero-order chi connectivity index (χ0) is 13.8. The number of nitrogens with one attached hydrogen (secondary N) is 1. The molecule has 0 aliphatic heterocycles. The predicted octanol–water partition coefficient (Wildman–Crippen LogP) is 3.72. The highest BCUT2D eigenvalue weighted by atomic mass is 35.5. The minimum absolute atomic E-state index is 0.250. The van der Waals surface area contributed by atoms with Crippen molar-refractivity contribution < 1.29 is 0 Å². The molecule has 96 valence electrons. The van der Waals surface area contributed by atoms with Crippen molar-refractivity contribution in [3.63, 3.8) is 0 Å². The average Bonchev–Trinajstić information content (AvgIpc) is 2.38. The third-order valence-corrected chi connectivity index (χ3v) is 2.97. The first-order chi connectivity index (χ1) is 9.06. The van der Waals surface area contributed by atoms with Crippen molar-refractivity contribution >= 4 is 34.9 Å². The SMILES string of the molecule is N=C(N)N=C(c1ccc(Cl)cc1)c1ccc(Cl)cc1. The van der Waals surface area contributed by atoms with E-state index >= 15 is 0 Å². The van der Waals surface area contributed by atoms with Gasteiger partial charge in [0, 0.05) is 21.2 Å². The van der Waals surface area contributed by atoms with Gasteiger partial charge in [0.2, 0.25) is 5.96 Å². The van der Waals surface area contributed by atoms with Gasteiger partial charge in [-0.05, 0) is 24.3 Å². The summed E-state index contributed by atoms with van der Waals surface area (Å²) in [4.78, 5) is 4.07. The van der Waals surface area contributed by atoms with Crippen molar-refractivity contribution in [2.24, 2.45) is 10.7 Å². The van der Waals surface area contributed by atoms with Crippen LogP contribution in [0.1, 0.15) is 11.1 Å². The normalized spacial score (nSPS) is 10.0. The summed E-state index contributed by atoms with van der Waals surface area (Å²) < 4.78 is 0. The zero-order valence-corrected chi connectivity index (χ0v) is 11.4. The molecule has 0 bridgehead atoms. The third kappa shape index (κ3) is 3.56. The van der Waals surface area contributed by atoms with Gasteiger partial charge in [0.05, 0.1) is 5.71 Å². The monoisotopic (exact) mass is 291 g/mol. The molecule has 0 amide bonds. The predicted molar refractivity (Wildman–Crippen MR) is 80.5 cm³/mol. The number of rotatable bonds is 2. The van der Waals surface area contributed by atoms with Gasteiger partial charge in [0.25, 0.3) is 0 Å². The second-order valence-corrected chi connectivity index (χ2v) is 4.73. The summed E-state index contributed by atoms with van der Waals surface area (Å²) in [6, 6.07) is 14.4. The van der Waals surface area contributed by atoms with Crippen molar-refractivity contribution in [3.8, 4) is 0 Å². The lowest BCUT2D eigenvalue weighted by Crippen LogP contribution is -2.12. The number of guanidine groups is 1. The molecule has 3 N–H and O–H groups in total. The molecule has 2 aromatic rings. The number of benzene rings is 2. The van der Waals surface area contributed by atoms with E-state index in [0.29, 0.717) is 15.8 Å². The van der Waals surface area contributed by atoms with Gasteiger partial charge in [-0.2, -0.15) is 0 Å². The number of nitrogens with two attached hydrogens (primary N) is 1. The van der Waals surface area contributed by atoms with E-state index in [4.69, 9.17) is 34.3 Å². The maximum atomic E-state index is 7.35. The van der Waals surface area contributed by atoms with Gasteiger partial charge in [-0.25, -0.2) is 4.99 Å². The fourth-order valence-electron chi connectivity index (χ4n) is 1.63. The number of halogens is 2. The van der Waals surface area contributed by atoms with Crippen LogP contribution in [0.15, 0.2) is 53.5 Å². The molecule has 0 atom stereocenters. The quantitative estimate of drug-likeness (QED) is 0.643. The van der Waals surface area contributed by atoms with Gasteiger partial charge in [-0.3, -0.25) is 5.41 Å². The van der Waals surface area contributed by atoms with Gasteiger partial charge in [0.15, 0.2) is 0 Å². The summed E-state index contributed by atoms with van der Waals surface area (Å²) >= 11 is 11.7. The molecule has 5 heteroatoms. The van der Waals surface area contributed by atoms with Crippen LogP contribution in [0.25, 0.3) is 0 Å². The molecule has 3 nitrogen and oxygen atoms in total. The van der Waals surface area contributed by atoms with E-state index in [0.717, 1.165) is 11.1 Å². The molecule has 0 aromatic heterocycles. The Morgan fingerprint density at radius 3 is 1.53 bits per heavy atom. The first kappa shape index (κ1) is 13.6. The van der Waals surface area contributed by atoms with Crippen LogP contribution in [0.2, 0.25) is 10.0 Å². The molecule has 19 heavy (non-hydrogen) atoms. The van der Waals surface area contributed by atoms with Crippen molar-refractivity contribution in [1.82, 2.24) is 0 Å².